The number of halogens is 1. The highest BCUT2D eigenvalue weighted by Gasteiger charge is 2.31. The minimum atomic E-state index is -1.06. The zero-order chi connectivity index (χ0) is 19.2. The van der Waals surface area contributed by atoms with Crippen LogP contribution < -0.4 is 4.74 Å². The van der Waals surface area contributed by atoms with Crippen LogP contribution in [0.3, 0.4) is 0 Å². The molecule has 2 aromatic rings. The first-order valence-corrected chi connectivity index (χ1v) is 8.94. The van der Waals surface area contributed by atoms with Crippen LogP contribution in [0.2, 0.25) is 5.02 Å². The molecule has 0 saturated carbocycles. The normalized spacial score (nSPS) is 15.1. The van der Waals surface area contributed by atoms with Crippen LogP contribution in [0.5, 0.6) is 5.75 Å². The summed E-state index contributed by atoms with van der Waals surface area (Å²) in [5, 5.41) is 0.374. The summed E-state index contributed by atoms with van der Waals surface area (Å²) in [6, 6.07) is 13.6. The Labute approximate surface area is 162 Å². The van der Waals surface area contributed by atoms with Crippen molar-refractivity contribution in [2.75, 3.05) is 33.4 Å². The number of amides is 1. The molecule has 1 atom stereocenters. The molecule has 0 unspecified atom stereocenters. The highest BCUT2D eigenvalue weighted by Crippen LogP contribution is 2.27. The third-order valence-corrected chi connectivity index (χ3v) is 4.49. The molecule has 0 spiro atoms. The van der Waals surface area contributed by atoms with Gasteiger partial charge in [-0.05, 0) is 18.2 Å². The van der Waals surface area contributed by atoms with Crippen molar-refractivity contribution in [1.29, 1.82) is 0 Å². The van der Waals surface area contributed by atoms with E-state index >= 15 is 0 Å². The van der Waals surface area contributed by atoms with Gasteiger partial charge in [0.15, 0.2) is 0 Å². The van der Waals surface area contributed by atoms with E-state index in [1.54, 1.807) is 41.3 Å². The molecule has 6 nitrogen and oxygen atoms in total. The number of carbonyl (C=O) groups excluding carboxylic acids is 2. The predicted octanol–water partition coefficient (Wildman–Crippen LogP) is 3.11. The molecule has 0 aromatic heterocycles. The van der Waals surface area contributed by atoms with Gasteiger partial charge < -0.3 is 19.1 Å². The van der Waals surface area contributed by atoms with Crippen molar-refractivity contribution in [3.8, 4) is 5.75 Å². The average molecular weight is 390 g/mol. The maximum absolute atomic E-state index is 13.0. The second kappa shape index (κ2) is 8.88. The maximum Gasteiger partial charge on any atom is 0.343 e. The Balaban J connectivity index is 1.88. The molecule has 1 amide bonds. The van der Waals surface area contributed by atoms with Gasteiger partial charge in [-0.2, -0.15) is 0 Å². The van der Waals surface area contributed by atoms with Crippen molar-refractivity contribution in [2.45, 2.75) is 6.10 Å². The fraction of sp³-hybridized carbons (Fsp3) is 0.300. The summed E-state index contributed by atoms with van der Waals surface area (Å²) in [7, 11) is 1.45. The number of rotatable bonds is 5. The zero-order valence-electron chi connectivity index (χ0n) is 14.9. The van der Waals surface area contributed by atoms with Gasteiger partial charge in [0.2, 0.25) is 6.10 Å². The molecule has 1 fully saturated rings. The third kappa shape index (κ3) is 4.59. The molecule has 1 heterocycles. The maximum atomic E-state index is 13.0. The van der Waals surface area contributed by atoms with Crippen LogP contribution >= 0.6 is 11.6 Å². The highest BCUT2D eigenvalue weighted by molar-refractivity contribution is 6.31. The topological polar surface area (TPSA) is 65.1 Å². The fourth-order valence-corrected chi connectivity index (χ4v) is 3.02. The number of hydrogen-bond donors (Lipinski definition) is 0. The molecular formula is C20H20ClNO5. The monoisotopic (exact) mass is 389 g/mol. The molecule has 1 aliphatic heterocycles. The van der Waals surface area contributed by atoms with Crippen LogP contribution in [0.4, 0.5) is 0 Å². The first-order chi connectivity index (χ1) is 13.1. The predicted molar refractivity (Wildman–Crippen MR) is 100 cm³/mol. The average Bonchev–Trinajstić information content (AvgIpc) is 2.72. The molecule has 3 rings (SSSR count). The first kappa shape index (κ1) is 19.2. The van der Waals surface area contributed by atoms with E-state index in [0.717, 1.165) is 0 Å². The first-order valence-electron chi connectivity index (χ1n) is 8.56. The summed E-state index contributed by atoms with van der Waals surface area (Å²) in [6.45, 7) is 1.84. The lowest BCUT2D eigenvalue weighted by Crippen LogP contribution is -2.44. The molecule has 0 bridgehead atoms. The van der Waals surface area contributed by atoms with Gasteiger partial charge in [0, 0.05) is 23.7 Å². The lowest BCUT2D eigenvalue weighted by molar-refractivity contribution is -0.145. The molecule has 27 heavy (non-hydrogen) atoms. The number of ether oxygens (including phenoxy) is 3. The van der Waals surface area contributed by atoms with E-state index in [1.165, 1.54) is 13.2 Å². The molecule has 1 saturated heterocycles. The van der Waals surface area contributed by atoms with Crippen molar-refractivity contribution in [1.82, 2.24) is 4.90 Å². The Morgan fingerprint density at radius 1 is 1.11 bits per heavy atom. The Morgan fingerprint density at radius 2 is 1.81 bits per heavy atom. The van der Waals surface area contributed by atoms with E-state index in [0.29, 0.717) is 42.6 Å². The van der Waals surface area contributed by atoms with Crippen LogP contribution in [0.15, 0.2) is 48.5 Å². The van der Waals surface area contributed by atoms with Crippen LogP contribution in [-0.4, -0.2) is 50.2 Å². The summed E-state index contributed by atoms with van der Waals surface area (Å²) >= 11 is 6.00. The van der Waals surface area contributed by atoms with Gasteiger partial charge in [-0.1, -0.05) is 41.9 Å². The molecule has 0 radical (unpaired) electrons. The van der Waals surface area contributed by atoms with Crippen LogP contribution in [0.1, 0.15) is 22.0 Å². The molecule has 1 aliphatic rings. The van der Waals surface area contributed by atoms with Gasteiger partial charge >= 0.3 is 5.97 Å². The van der Waals surface area contributed by atoms with Gasteiger partial charge in [-0.15, -0.1) is 0 Å². The number of hydrogen-bond acceptors (Lipinski definition) is 5. The van der Waals surface area contributed by atoms with E-state index in [1.807, 2.05) is 6.07 Å². The lowest BCUT2D eigenvalue weighted by Gasteiger charge is -2.30. The minimum Gasteiger partial charge on any atom is -0.496 e. The highest BCUT2D eigenvalue weighted by atomic mass is 35.5. The SMILES string of the molecule is COc1ccc(Cl)cc1C(=O)O[C@H](C(=O)N1CCOCC1)c1ccccc1. The Morgan fingerprint density at radius 3 is 2.48 bits per heavy atom. The number of benzene rings is 2. The van der Waals surface area contributed by atoms with Crippen molar-refractivity contribution in [3.05, 3.63) is 64.7 Å². The number of esters is 1. The van der Waals surface area contributed by atoms with Crippen molar-refractivity contribution < 1.29 is 23.8 Å². The summed E-state index contributed by atoms with van der Waals surface area (Å²) in [5.74, 6) is -0.626. The number of morpholine rings is 1. The van der Waals surface area contributed by atoms with Crippen molar-refractivity contribution >= 4 is 23.5 Å². The smallest absolute Gasteiger partial charge is 0.343 e. The van der Waals surface area contributed by atoms with E-state index in [9.17, 15) is 9.59 Å². The van der Waals surface area contributed by atoms with Gasteiger partial charge in [0.25, 0.3) is 5.91 Å². The molecule has 2 aromatic carbocycles. The van der Waals surface area contributed by atoms with Gasteiger partial charge in [0.05, 0.1) is 20.3 Å². The second-order valence-electron chi connectivity index (χ2n) is 5.98. The van der Waals surface area contributed by atoms with E-state index < -0.39 is 12.1 Å². The third-order valence-electron chi connectivity index (χ3n) is 4.26. The van der Waals surface area contributed by atoms with Crippen LogP contribution in [-0.2, 0) is 14.3 Å². The summed E-state index contributed by atoms with van der Waals surface area (Å²) in [5.41, 5.74) is 0.768. The molecule has 0 N–H and O–H groups in total. The second-order valence-corrected chi connectivity index (χ2v) is 6.41. The molecule has 0 aliphatic carbocycles. The Kier molecular flexibility index (Phi) is 6.32. The van der Waals surface area contributed by atoms with Crippen molar-refractivity contribution in [3.63, 3.8) is 0 Å². The van der Waals surface area contributed by atoms with E-state index in [4.69, 9.17) is 25.8 Å². The zero-order valence-corrected chi connectivity index (χ0v) is 15.6. The van der Waals surface area contributed by atoms with E-state index in [2.05, 4.69) is 0 Å². The van der Waals surface area contributed by atoms with Gasteiger partial charge in [0.1, 0.15) is 11.3 Å². The summed E-state index contributed by atoms with van der Waals surface area (Å²) in [4.78, 5) is 27.5. The standard InChI is InChI=1S/C20H20ClNO5/c1-25-17-8-7-15(21)13-16(17)20(24)27-18(14-5-3-2-4-6-14)19(23)22-9-11-26-12-10-22/h2-8,13,18H,9-12H2,1H3/t18-/m0/s1. The summed E-state index contributed by atoms with van der Waals surface area (Å²) < 4.78 is 16.1. The van der Waals surface area contributed by atoms with Gasteiger partial charge in [-0.3, -0.25) is 4.79 Å². The Bertz CT molecular complexity index is 805. The Hall–Kier alpha value is -2.57. The van der Waals surface area contributed by atoms with E-state index in [-0.39, 0.29) is 11.5 Å². The summed E-state index contributed by atoms with van der Waals surface area (Å²) in [6.07, 6.45) is -1.06. The quantitative estimate of drug-likeness (QED) is 0.735. The number of carbonyl (C=O) groups is 2. The minimum absolute atomic E-state index is 0.167. The molecule has 7 heteroatoms. The van der Waals surface area contributed by atoms with Crippen LogP contribution in [0.25, 0.3) is 0 Å². The number of nitrogens with zero attached hydrogens (tertiary/aromatic N) is 1. The van der Waals surface area contributed by atoms with Gasteiger partial charge in [-0.25, -0.2) is 4.79 Å². The fourth-order valence-electron chi connectivity index (χ4n) is 2.85. The molecular weight excluding hydrogens is 370 g/mol. The van der Waals surface area contributed by atoms with Crippen molar-refractivity contribution in [2.24, 2.45) is 0 Å². The molecule has 142 valence electrons. The lowest BCUT2D eigenvalue weighted by atomic mass is 10.1. The largest absolute Gasteiger partial charge is 0.496 e. The number of methoxy groups -OCH3 is 1. The van der Waals surface area contributed by atoms with Crippen LogP contribution in [0, 0.1) is 0 Å².